The Hall–Kier alpha value is -3.61. The number of amides is 1. The maximum atomic E-state index is 13.1. The molecule has 0 spiro atoms. The lowest BCUT2D eigenvalue weighted by Gasteiger charge is -2.13. The molecule has 0 aliphatic heterocycles. The molecular weight excluding hydrogens is 363 g/mol. The van der Waals surface area contributed by atoms with Gasteiger partial charge in [-0.3, -0.25) is 9.59 Å². The monoisotopic (exact) mass is 382 g/mol. The van der Waals surface area contributed by atoms with Crippen LogP contribution < -0.4 is 20.3 Å². The fourth-order valence-electron chi connectivity index (χ4n) is 2.68. The van der Waals surface area contributed by atoms with Crippen molar-refractivity contribution in [3.8, 4) is 11.5 Å². The molecule has 3 aromatic rings. The number of halogens is 1. The van der Waals surface area contributed by atoms with Crippen molar-refractivity contribution in [2.45, 2.75) is 6.54 Å². The van der Waals surface area contributed by atoms with Crippen molar-refractivity contribution in [3.05, 3.63) is 88.1 Å². The third-order valence-corrected chi connectivity index (χ3v) is 4.17. The van der Waals surface area contributed by atoms with Crippen LogP contribution in [0.1, 0.15) is 15.9 Å². The second-order valence-corrected chi connectivity index (χ2v) is 6.03. The molecule has 1 heterocycles. The van der Waals surface area contributed by atoms with E-state index >= 15 is 0 Å². The van der Waals surface area contributed by atoms with Crippen LogP contribution in [0, 0.1) is 5.82 Å². The zero-order valence-electron chi connectivity index (χ0n) is 15.4. The summed E-state index contributed by atoms with van der Waals surface area (Å²) in [5, 5.41) is 2.76. The average Bonchev–Trinajstić information content (AvgIpc) is 2.71. The number of carbonyl (C=O) groups is 1. The number of benzene rings is 2. The molecule has 0 saturated carbocycles. The predicted octanol–water partition coefficient (Wildman–Crippen LogP) is 3.31. The van der Waals surface area contributed by atoms with Crippen molar-refractivity contribution in [1.82, 2.24) is 4.57 Å². The Morgan fingerprint density at radius 2 is 1.79 bits per heavy atom. The number of pyridine rings is 1. The first-order valence-electron chi connectivity index (χ1n) is 8.48. The van der Waals surface area contributed by atoms with Gasteiger partial charge < -0.3 is 19.4 Å². The lowest BCUT2D eigenvalue weighted by atomic mass is 10.2. The first kappa shape index (κ1) is 19.2. The molecule has 3 rings (SSSR count). The van der Waals surface area contributed by atoms with Crippen LogP contribution in [-0.2, 0) is 6.54 Å². The largest absolute Gasteiger partial charge is 0.497 e. The highest BCUT2D eigenvalue weighted by Gasteiger charge is 2.12. The number of anilines is 1. The number of aromatic nitrogens is 1. The van der Waals surface area contributed by atoms with E-state index in [0.29, 0.717) is 22.7 Å². The molecule has 7 heteroatoms. The van der Waals surface area contributed by atoms with Crippen molar-refractivity contribution < 1.29 is 18.7 Å². The van der Waals surface area contributed by atoms with E-state index in [-0.39, 0.29) is 17.9 Å². The van der Waals surface area contributed by atoms with Crippen LogP contribution in [0.15, 0.2) is 65.6 Å². The summed E-state index contributed by atoms with van der Waals surface area (Å²) in [5.74, 6) is 0.294. The normalized spacial score (nSPS) is 10.4. The Kier molecular flexibility index (Phi) is 5.74. The van der Waals surface area contributed by atoms with Crippen molar-refractivity contribution >= 4 is 11.6 Å². The van der Waals surface area contributed by atoms with Crippen molar-refractivity contribution in [2.75, 3.05) is 19.5 Å². The van der Waals surface area contributed by atoms with Gasteiger partial charge in [-0.25, -0.2) is 4.39 Å². The summed E-state index contributed by atoms with van der Waals surface area (Å²) in [4.78, 5) is 24.8. The van der Waals surface area contributed by atoms with Crippen molar-refractivity contribution in [3.63, 3.8) is 0 Å². The molecule has 0 bridgehead atoms. The van der Waals surface area contributed by atoms with Gasteiger partial charge >= 0.3 is 0 Å². The Balaban J connectivity index is 1.85. The fraction of sp³-hybridized carbons (Fsp3) is 0.143. The maximum Gasteiger partial charge on any atom is 0.257 e. The molecular formula is C21H19FN2O4. The van der Waals surface area contributed by atoms with Crippen molar-refractivity contribution in [1.29, 1.82) is 0 Å². The molecule has 0 unspecified atom stereocenters. The van der Waals surface area contributed by atoms with Gasteiger partial charge in [-0.2, -0.15) is 0 Å². The highest BCUT2D eigenvalue weighted by Crippen LogP contribution is 2.29. The number of hydrogen-bond acceptors (Lipinski definition) is 4. The Labute approximate surface area is 161 Å². The van der Waals surface area contributed by atoms with Gasteiger partial charge in [-0.1, -0.05) is 12.1 Å². The topological polar surface area (TPSA) is 69.6 Å². The number of ether oxygens (including phenoxy) is 2. The third-order valence-electron chi connectivity index (χ3n) is 4.17. The molecule has 6 nitrogen and oxygen atoms in total. The van der Waals surface area contributed by atoms with Crippen LogP contribution in [0.2, 0.25) is 0 Å². The molecule has 0 atom stereocenters. The van der Waals surface area contributed by atoms with Gasteiger partial charge in [-0.05, 0) is 35.9 Å². The minimum atomic E-state index is -0.403. The number of rotatable bonds is 6. The standard InChI is InChI=1S/C21H19FN2O4/c1-27-17-8-9-19(28-2)18(11-17)23-21(26)15-5-10-20(25)24(13-15)12-14-3-6-16(22)7-4-14/h3-11,13H,12H2,1-2H3,(H,23,26). The number of nitrogens with zero attached hydrogens (tertiary/aromatic N) is 1. The van der Waals surface area contributed by atoms with Crippen LogP contribution in [0.5, 0.6) is 11.5 Å². The molecule has 2 aromatic carbocycles. The van der Waals surface area contributed by atoms with Gasteiger partial charge in [-0.15, -0.1) is 0 Å². The molecule has 0 saturated heterocycles. The Bertz CT molecular complexity index is 1050. The third kappa shape index (κ3) is 4.37. The minimum absolute atomic E-state index is 0.225. The first-order valence-corrected chi connectivity index (χ1v) is 8.48. The van der Waals surface area contributed by atoms with Gasteiger partial charge in [0, 0.05) is 18.3 Å². The smallest absolute Gasteiger partial charge is 0.257 e. The second kappa shape index (κ2) is 8.39. The summed E-state index contributed by atoms with van der Waals surface area (Å²) in [6, 6.07) is 13.7. The first-order chi connectivity index (χ1) is 13.5. The molecule has 1 N–H and O–H groups in total. The summed E-state index contributed by atoms with van der Waals surface area (Å²) in [5.41, 5.74) is 1.23. The lowest BCUT2D eigenvalue weighted by Crippen LogP contribution is -2.22. The van der Waals surface area contributed by atoms with Gasteiger partial charge in [0.05, 0.1) is 32.0 Å². The highest BCUT2D eigenvalue weighted by molar-refractivity contribution is 6.04. The number of methoxy groups -OCH3 is 2. The van der Waals surface area contributed by atoms with E-state index in [0.717, 1.165) is 5.56 Å². The van der Waals surface area contributed by atoms with E-state index in [9.17, 15) is 14.0 Å². The van der Waals surface area contributed by atoms with E-state index in [2.05, 4.69) is 5.32 Å². The van der Waals surface area contributed by atoms with E-state index in [4.69, 9.17) is 9.47 Å². The molecule has 0 fully saturated rings. The lowest BCUT2D eigenvalue weighted by molar-refractivity contribution is 0.102. The molecule has 1 amide bonds. The van der Waals surface area contributed by atoms with Gasteiger partial charge in [0.25, 0.3) is 11.5 Å². The molecule has 144 valence electrons. The van der Waals surface area contributed by atoms with E-state index in [1.165, 1.54) is 49.2 Å². The predicted molar refractivity (Wildman–Crippen MR) is 104 cm³/mol. The zero-order valence-corrected chi connectivity index (χ0v) is 15.4. The average molecular weight is 382 g/mol. The maximum absolute atomic E-state index is 13.1. The Morgan fingerprint density at radius 1 is 1.04 bits per heavy atom. The summed E-state index contributed by atoms with van der Waals surface area (Å²) in [6.45, 7) is 0.225. The quantitative estimate of drug-likeness (QED) is 0.710. The molecule has 1 aromatic heterocycles. The summed E-state index contributed by atoms with van der Waals surface area (Å²) in [6.07, 6.45) is 1.47. The summed E-state index contributed by atoms with van der Waals surface area (Å²) in [7, 11) is 3.03. The van der Waals surface area contributed by atoms with Gasteiger partial charge in [0.15, 0.2) is 0 Å². The van der Waals surface area contributed by atoms with Gasteiger partial charge in [0.1, 0.15) is 17.3 Å². The SMILES string of the molecule is COc1ccc(OC)c(NC(=O)c2ccc(=O)n(Cc3ccc(F)cc3)c2)c1. The Morgan fingerprint density at radius 3 is 2.46 bits per heavy atom. The van der Waals surface area contributed by atoms with E-state index in [1.54, 1.807) is 30.3 Å². The molecule has 28 heavy (non-hydrogen) atoms. The fourth-order valence-corrected chi connectivity index (χ4v) is 2.68. The van der Waals surface area contributed by atoms with Crippen molar-refractivity contribution in [2.24, 2.45) is 0 Å². The summed E-state index contributed by atoms with van der Waals surface area (Å²) >= 11 is 0. The second-order valence-electron chi connectivity index (χ2n) is 6.03. The van der Waals surface area contributed by atoms with Gasteiger partial charge in [0.2, 0.25) is 0 Å². The molecule has 0 radical (unpaired) electrons. The highest BCUT2D eigenvalue weighted by atomic mass is 19.1. The number of hydrogen-bond donors (Lipinski definition) is 1. The van der Waals surface area contributed by atoms with Crippen LogP contribution in [0.3, 0.4) is 0 Å². The van der Waals surface area contributed by atoms with Crippen LogP contribution in [0.25, 0.3) is 0 Å². The zero-order chi connectivity index (χ0) is 20.1. The summed E-state index contributed by atoms with van der Waals surface area (Å²) < 4.78 is 24.9. The number of nitrogens with one attached hydrogen (secondary N) is 1. The van der Waals surface area contributed by atoms with Crippen LogP contribution >= 0.6 is 0 Å². The molecule has 0 aliphatic rings. The minimum Gasteiger partial charge on any atom is -0.497 e. The number of carbonyl (C=O) groups excluding carboxylic acids is 1. The van der Waals surface area contributed by atoms with Crippen LogP contribution in [-0.4, -0.2) is 24.7 Å². The van der Waals surface area contributed by atoms with E-state index in [1.807, 2.05) is 0 Å². The van der Waals surface area contributed by atoms with E-state index < -0.39 is 5.91 Å². The molecule has 0 aliphatic carbocycles. The van der Waals surface area contributed by atoms with Crippen LogP contribution in [0.4, 0.5) is 10.1 Å².